The van der Waals surface area contributed by atoms with Crippen LogP contribution in [0.2, 0.25) is 0 Å². The Hall–Kier alpha value is -1.24. The van der Waals surface area contributed by atoms with Gasteiger partial charge in [0.25, 0.3) is 0 Å². The number of hydrogen-bond donors (Lipinski definition) is 2. The summed E-state index contributed by atoms with van der Waals surface area (Å²) in [6.07, 6.45) is 7.53. The first-order chi connectivity index (χ1) is 10.8. The summed E-state index contributed by atoms with van der Waals surface area (Å²) in [4.78, 5) is 4.67. The van der Waals surface area contributed by atoms with Crippen LogP contribution >= 0.6 is 24.0 Å². The van der Waals surface area contributed by atoms with Crippen LogP contribution in [-0.2, 0) is 6.42 Å². The van der Waals surface area contributed by atoms with Crippen LogP contribution in [0.5, 0.6) is 5.75 Å². The minimum atomic E-state index is 0. The van der Waals surface area contributed by atoms with Gasteiger partial charge in [-0.2, -0.15) is 0 Å². The molecule has 2 rings (SSSR count). The van der Waals surface area contributed by atoms with Gasteiger partial charge in [0.1, 0.15) is 5.75 Å². The van der Waals surface area contributed by atoms with Crippen LogP contribution in [-0.4, -0.2) is 31.7 Å². The molecule has 0 fully saturated rings. The molecule has 0 bridgehead atoms. The third kappa shape index (κ3) is 7.24. The first-order valence-electron chi connectivity index (χ1n) is 8.23. The molecule has 0 radical (unpaired) electrons. The molecular formula is C18H28IN3O. The van der Waals surface area contributed by atoms with Gasteiger partial charge in [-0.15, -0.1) is 24.0 Å². The summed E-state index contributed by atoms with van der Waals surface area (Å²) in [5.41, 5.74) is 1.26. The number of halogens is 1. The van der Waals surface area contributed by atoms with Crippen molar-refractivity contribution in [3.8, 4) is 5.75 Å². The molecule has 0 atom stereocenters. The molecule has 4 nitrogen and oxygen atoms in total. The first-order valence-corrected chi connectivity index (χ1v) is 8.23. The number of ether oxygens (including phenoxy) is 1. The summed E-state index contributed by atoms with van der Waals surface area (Å²) in [7, 11) is 0. The highest BCUT2D eigenvalue weighted by Crippen LogP contribution is 2.13. The maximum atomic E-state index is 5.53. The summed E-state index contributed by atoms with van der Waals surface area (Å²) in [6, 6.07) is 8.74. The number of guanidine groups is 1. The van der Waals surface area contributed by atoms with Crippen LogP contribution < -0.4 is 15.4 Å². The Bertz CT molecular complexity index is 509. The molecule has 1 aliphatic rings. The van der Waals surface area contributed by atoms with Crippen molar-refractivity contribution in [2.24, 2.45) is 4.99 Å². The Morgan fingerprint density at radius 3 is 2.74 bits per heavy atom. The zero-order valence-electron chi connectivity index (χ0n) is 14.0. The molecule has 0 amide bonds. The van der Waals surface area contributed by atoms with Crippen molar-refractivity contribution >= 4 is 29.9 Å². The fourth-order valence-corrected chi connectivity index (χ4v) is 2.50. The Labute approximate surface area is 156 Å². The molecule has 128 valence electrons. The SMILES string of the molecule is CCNC(=NCCc1cccc(OCC)c1)NC1CC=CC1.I. The van der Waals surface area contributed by atoms with Crippen LogP contribution in [0.1, 0.15) is 32.3 Å². The van der Waals surface area contributed by atoms with Gasteiger partial charge in [0, 0.05) is 19.1 Å². The lowest BCUT2D eigenvalue weighted by molar-refractivity contribution is 0.340. The summed E-state index contributed by atoms with van der Waals surface area (Å²) < 4.78 is 5.53. The van der Waals surface area contributed by atoms with Crippen LogP contribution in [0.15, 0.2) is 41.4 Å². The van der Waals surface area contributed by atoms with Crippen molar-refractivity contribution < 1.29 is 4.74 Å². The fraction of sp³-hybridized carbons (Fsp3) is 0.500. The number of aliphatic imine (C=N–C) groups is 1. The van der Waals surface area contributed by atoms with Crippen LogP contribution in [0.3, 0.4) is 0 Å². The van der Waals surface area contributed by atoms with Crippen molar-refractivity contribution in [3.05, 3.63) is 42.0 Å². The molecule has 1 aromatic rings. The van der Waals surface area contributed by atoms with Gasteiger partial charge in [0.15, 0.2) is 5.96 Å². The largest absolute Gasteiger partial charge is 0.494 e. The zero-order chi connectivity index (χ0) is 15.6. The van der Waals surface area contributed by atoms with E-state index in [1.54, 1.807) is 0 Å². The standard InChI is InChI=1S/C18H27N3O.HI/c1-3-19-18(21-16-9-5-6-10-16)20-13-12-15-8-7-11-17(14-15)22-4-2;/h5-8,11,14,16H,3-4,9-10,12-13H2,1-2H3,(H2,19,20,21);1H. The lowest BCUT2D eigenvalue weighted by atomic mass is 10.1. The van der Waals surface area contributed by atoms with E-state index in [9.17, 15) is 0 Å². The van der Waals surface area contributed by atoms with E-state index < -0.39 is 0 Å². The van der Waals surface area contributed by atoms with E-state index in [-0.39, 0.29) is 24.0 Å². The molecule has 0 heterocycles. The van der Waals surface area contributed by atoms with Crippen LogP contribution in [0, 0.1) is 0 Å². The molecule has 1 aliphatic carbocycles. The van der Waals surface area contributed by atoms with Gasteiger partial charge in [0.2, 0.25) is 0 Å². The van der Waals surface area contributed by atoms with Gasteiger partial charge in [0.05, 0.1) is 6.61 Å². The van der Waals surface area contributed by atoms with Crippen molar-refractivity contribution in [1.29, 1.82) is 0 Å². The Kier molecular flexibility index (Phi) is 9.75. The molecule has 0 unspecified atom stereocenters. The monoisotopic (exact) mass is 429 g/mol. The highest BCUT2D eigenvalue weighted by atomic mass is 127. The number of rotatable bonds is 7. The summed E-state index contributed by atoms with van der Waals surface area (Å²) in [6.45, 7) is 6.45. The second-order valence-electron chi connectivity index (χ2n) is 5.38. The summed E-state index contributed by atoms with van der Waals surface area (Å²) in [5.74, 6) is 1.85. The Balaban J connectivity index is 0.00000264. The second kappa shape index (κ2) is 11.3. The van der Waals surface area contributed by atoms with Gasteiger partial charge < -0.3 is 15.4 Å². The maximum absolute atomic E-state index is 5.53. The van der Waals surface area contributed by atoms with E-state index in [2.05, 4.69) is 46.8 Å². The normalized spacial score (nSPS) is 14.4. The number of hydrogen-bond acceptors (Lipinski definition) is 2. The Morgan fingerprint density at radius 2 is 2.04 bits per heavy atom. The Morgan fingerprint density at radius 1 is 1.26 bits per heavy atom. The second-order valence-corrected chi connectivity index (χ2v) is 5.38. The van der Waals surface area contributed by atoms with Gasteiger partial charge in [-0.3, -0.25) is 4.99 Å². The molecule has 0 saturated carbocycles. The lowest BCUT2D eigenvalue weighted by Crippen LogP contribution is -2.42. The van der Waals surface area contributed by atoms with Crippen molar-refractivity contribution in [2.75, 3.05) is 19.7 Å². The van der Waals surface area contributed by atoms with Crippen LogP contribution in [0.4, 0.5) is 0 Å². The fourth-order valence-electron chi connectivity index (χ4n) is 2.50. The summed E-state index contributed by atoms with van der Waals surface area (Å²) in [5, 5.41) is 6.80. The van der Waals surface area contributed by atoms with E-state index in [0.717, 1.165) is 44.1 Å². The van der Waals surface area contributed by atoms with E-state index in [1.807, 2.05) is 19.1 Å². The van der Waals surface area contributed by atoms with Gasteiger partial charge in [-0.25, -0.2) is 0 Å². The van der Waals surface area contributed by atoms with Gasteiger partial charge in [-0.05, 0) is 50.8 Å². The quantitative estimate of drug-likeness (QED) is 0.302. The van der Waals surface area contributed by atoms with Crippen molar-refractivity contribution in [1.82, 2.24) is 10.6 Å². The van der Waals surface area contributed by atoms with E-state index in [4.69, 9.17) is 4.74 Å². The predicted molar refractivity (Wildman–Crippen MR) is 108 cm³/mol. The predicted octanol–water partition coefficient (Wildman–Crippen LogP) is 3.52. The number of nitrogens with one attached hydrogen (secondary N) is 2. The average molecular weight is 429 g/mol. The molecule has 0 spiro atoms. The molecule has 0 aliphatic heterocycles. The number of nitrogens with zero attached hydrogens (tertiary/aromatic N) is 1. The lowest BCUT2D eigenvalue weighted by Gasteiger charge is -2.16. The molecule has 0 aromatic heterocycles. The minimum absolute atomic E-state index is 0. The van der Waals surface area contributed by atoms with Crippen molar-refractivity contribution in [3.63, 3.8) is 0 Å². The van der Waals surface area contributed by atoms with E-state index >= 15 is 0 Å². The zero-order valence-corrected chi connectivity index (χ0v) is 16.4. The van der Waals surface area contributed by atoms with E-state index in [0.29, 0.717) is 12.6 Å². The first kappa shape index (κ1) is 19.8. The van der Waals surface area contributed by atoms with Crippen molar-refractivity contribution in [2.45, 2.75) is 39.2 Å². The van der Waals surface area contributed by atoms with Crippen LogP contribution in [0.25, 0.3) is 0 Å². The molecule has 2 N–H and O–H groups in total. The average Bonchev–Trinajstić information content (AvgIpc) is 3.01. The maximum Gasteiger partial charge on any atom is 0.191 e. The summed E-state index contributed by atoms with van der Waals surface area (Å²) >= 11 is 0. The highest BCUT2D eigenvalue weighted by molar-refractivity contribution is 14.0. The van der Waals surface area contributed by atoms with Gasteiger partial charge in [-0.1, -0.05) is 24.3 Å². The smallest absolute Gasteiger partial charge is 0.191 e. The molecule has 0 saturated heterocycles. The van der Waals surface area contributed by atoms with E-state index in [1.165, 1.54) is 5.56 Å². The minimum Gasteiger partial charge on any atom is -0.494 e. The number of benzene rings is 1. The highest BCUT2D eigenvalue weighted by Gasteiger charge is 2.11. The van der Waals surface area contributed by atoms with Gasteiger partial charge >= 0.3 is 0 Å². The molecular weight excluding hydrogens is 401 g/mol. The topological polar surface area (TPSA) is 45.7 Å². The molecule has 23 heavy (non-hydrogen) atoms. The third-order valence-corrected chi connectivity index (χ3v) is 3.57. The molecule has 1 aromatic carbocycles. The third-order valence-electron chi connectivity index (χ3n) is 3.57. The molecule has 5 heteroatoms.